The van der Waals surface area contributed by atoms with Gasteiger partial charge in [0.05, 0.1) is 0 Å². The average molecular weight is 331 g/mol. The van der Waals surface area contributed by atoms with E-state index in [2.05, 4.69) is 86.9 Å². The number of aromatic nitrogens is 2. The van der Waals surface area contributed by atoms with Gasteiger partial charge in [-0.1, -0.05) is 58.0 Å². The van der Waals surface area contributed by atoms with E-state index in [4.69, 9.17) is 4.98 Å². The molecule has 0 atom stereocenters. The third-order valence-electron chi connectivity index (χ3n) is 4.52. The van der Waals surface area contributed by atoms with Gasteiger partial charge in [-0.25, -0.2) is 0 Å². The minimum atomic E-state index is 0.406. The van der Waals surface area contributed by atoms with Crippen LogP contribution in [-0.4, -0.2) is 4.98 Å². The summed E-state index contributed by atoms with van der Waals surface area (Å²) in [6, 6.07) is 21.5. The van der Waals surface area contributed by atoms with E-state index in [1.165, 1.54) is 22.5 Å². The van der Waals surface area contributed by atoms with Crippen LogP contribution in [0.4, 0.5) is 0 Å². The van der Waals surface area contributed by atoms with E-state index in [0.717, 1.165) is 11.5 Å². The third kappa shape index (κ3) is 3.63. The van der Waals surface area contributed by atoms with Crippen molar-refractivity contribution in [3.8, 4) is 16.9 Å². The standard InChI is InChI=1S/C23H27N2/c1-16(2)21-14-20(19-11-7-6-8-12-19)15-22(17(3)4)25(21)23-13-9-10-18(5)24-23/h6-17H,1-5H3/q+1. The van der Waals surface area contributed by atoms with E-state index in [-0.39, 0.29) is 0 Å². The molecule has 0 saturated carbocycles. The molecule has 25 heavy (non-hydrogen) atoms. The maximum absolute atomic E-state index is 4.79. The van der Waals surface area contributed by atoms with Crippen LogP contribution in [0.5, 0.6) is 0 Å². The van der Waals surface area contributed by atoms with Gasteiger partial charge in [0.2, 0.25) is 0 Å². The fraction of sp³-hybridized carbons (Fsp3) is 0.304. The predicted molar refractivity (Wildman–Crippen MR) is 104 cm³/mol. The van der Waals surface area contributed by atoms with E-state index in [0.29, 0.717) is 11.8 Å². The highest BCUT2D eigenvalue weighted by atomic mass is 15.1. The number of pyridine rings is 2. The summed E-state index contributed by atoms with van der Waals surface area (Å²) in [6.07, 6.45) is 0. The molecule has 0 bridgehead atoms. The van der Waals surface area contributed by atoms with Gasteiger partial charge in [0.1, 0.15) is 17.1 Å². The van der Waals surface area contributed by atoms with Gasteiger partial charge in [0, 0.05) is 24.8 Å². The van der Waals surface area contributed by atoms with Crippen molar-refractivity contribution in [2.45, 2.75) is 46.5 Å². The number of benzene rings is 1. The Morgan fingerprint density at radius 2 is 1.32 bits per heavy atom. The van der Waals surface area contributed by atoms with Crippen molar-refractivity contribution >= 4 is 0 Å². The number of nitrogens with zero attached hydrogens (tertiary/aromatic N) is 2. The topological polar surface area (TPSA) is 16.8 Å². The van der Waals surface area contributed by atoms with Crippen molar-refractivity contribution in [1.82, 2.24) is 4.98 Å². The van der Waals surface area contributed by atoms with E-state index < -0.39 is 0 Å². The Morgan fingerprint density at radius 3 is 1.84 bits per heavy atom. The Morgan fingerprint density at radius 1 is 0.720 bits per heavy atom. The zero-order chi connectivity index (χ0) is 18.0. The Bertz CT molecular complexity index is 835. The van der Waals surface area contributed by atoms with Crippen molar-refractivity contribution < 1.29 is 4.57 Å². The van der Waals surface area contributed by atoms with Crippen LogP contribution in [0.15, 0.2) is 60.7 Å². The summed E-state index contributed by atoms with van der Waals surface area (Å²) < 4.78 is 2.34. The lowest BCUT2D eigenvalue weighted by atomic mass is 9.97. The van der Waals surface area contributed by atoms with Gasteiger partial charge in [-0.15, -0.1) is 0 Å². The highest BCUT2D eigenvalue weighted by Crippen LogP contribution is 2.26. The van der Waals surface area contributed by atoms with Crippen LogP contribution >= 0.6 is 0 Å². The minimum absolute atomic E-state index is 0.406. The van der Waals surface area contributed by atoms with E-state index in [1.54, 1.807) is 0 Å². The lowest BCUT2D eigenvalue weighted by Crippen LogP contribution is -2.42. The molecular formula is C23H27N2+. The summed E-state index contributed by atoms with van der Waals surface area (Å²) in [5, 5.41) is 0. The Balaban J connectivity index is 2.30. The average Bonchev–Trinajstić information content (AvgIpc) is 2.61. The summed E-state index contributed by atoms with van der Waals surface area (Å²) in [7, 11) is 0. The summed E-state index contributed by atoms with van der Waals surface area (Å²) in [6.45, 7) is 11.1. The highest BCUT2D eigenvalue weighted by Gasteiger charge is 2.24. The fourth-order valence-corrected chi connectivity index (χ4v) is 3.20. The molecule has 0 saturated heterocycles. The van der Waals surface area contributed by atoms with Crippen molar-refractivity contribution in [3.05, 3.63) is 77.7 Å². The van der Waals surface area contributed by atoms with Crippen LogP contribution in [0, 0.1) is 6.92 Å². The predicted octanol–water partition coefficient (Wildman–Crippen LogP) is 5.58. The van der Waals surface area contributed by atoms with E-state index >= 15 is 0 Å². The van der Waals surface area contributed by atoms with Crippen LogP contribution in [0.2, 0.25) is 0 Å². The van der Waals surface area contributed by atoms with Crippen molar-refractivity contribution in [2.75, 3.05) is 0 Å². The zero-order valence-corrected chi connectivity index (χ0v) is 15.8. The summed E-state index contributed by atoms with van der Waals surface area (Å²) in [4.78, 5) is 4.79. The second-order valence-electron chi connectivity index (χ2n) is 7.24. The maximum atomic E-state index is 4.79. The molecule has 0 aliphatic carbocycles. The summed E-state index contributed by atoms with van der Waals surface area (Å²) in [5.41, 5.74) is 6.17. The molecule has 3 aromatic rings. The zero-order valence-electron chi connectivity index (χ0n) is 15.8. The molecule has 0 aliphatic heterocycles. The van der Waals surface area contributed by atoms with Crippen LogP contribution in [-0.2, 0) is 0 Å². The van der Waals surface area contributed by atoms with Gasteiger partial charge < -0.3 is 0 Å². The quantitative estimate of drug-likeness (QED) is 0.570. The van der Waals surface area contributed by atoms with Crippen LogP contribution < -0.4 is 4.57 Å². The molecule has 2 aromatic heterocycles. The second-order valence-corrected chi connectivity index (χ2v) is 7.24. The SMILES string of the molecule is Cc1cccc(-[n+]2c(C(C)C)cc(-c3ccccc3)cc2C(C)C)n1. The fourth-order valence-electron chi connectivity index (χ4n) is 3.20. The molecule has 0 spiro atoms. The van der Waals surface area contributed by atoms with Gasteiger partial charge in [0.15, 0.2) is 0 Å². The van der Waals surface area contributed by atoms with Gasteiger partial charge in [-0.3, -0.25) is 0 Å². The van der Waals surface area contributed by atoms with E-state index in [1.807, 2.05) is 13.0 Å². The summed E-state index contributed by atoms with van der Waals surface area (Å²) in [5.74, 6) is 1.82. The molecule has 0 aliphatic rings. The maximum Gasteiger partial charge on any atom is 0.328 e. The monoisotopic (exact) mass is 331 g/mol. The lowest BCUT2D eigenvalue weighted by molar-refractivity contribution is -0.619. The number of aryl methyl sites for hydroxylation is 1. The Kier molecular flexibility index (Phi) is 4.98. The molecule has 0 unspecified atom stereocenters. The molecule has 1 aromatic carbocycles. The van der Waals surface area contributed by atoms with Gasteiger partial charge >= 0.3 is 5.82 Å². The molecule has 2 nitrogen and oxygen atoms in total. The Labute approximate surface area is 151 Å². The number of hydrogen-bond donors (Lipinski definition) is 0. The van der Waals surface area contributed by atoms with E-state index in [9.17, 15) is 0 Å². The van der Waals surface area contributed by atoms with Crippen LogP contribution in [0.1, 0.15) is 56.6 Å². The number of hydrogen-bond acceptors (Lipinski definition) is 1. The van der Waals surface area contributed by atoms with Gasteiger partial charge in [0.25, 0.3) is 0 Å². The van der Waals surface area contributed by atoms with Crippen molar-refractivity contribution in [1.29, 1.82) is 0 Å². The largest absolute Gasteiger partial charge is 0.328 e. The van der Waals surface area contributed by atoms with Crippen molar-refractivity contribution in [2.24, 2.45) is 0 Å². The first kappa shape index (κ1) is 17.3. The molecule has 128 valence electrons. The normalized spacial score (nSPS) is 11.3. The first-order valence-electron chi connectivity index (χ1n) is 9.06. The number of rotatable bonds is 4. The smallest absolute Gasteiger partial charge is 0.197 e. The Hall–Kier alpha value is -2.48. The lowest BCUT2D eigenvalue weighted by Gasteiger charge is -2.18. The van der Waals surface area contributed by atoms with Crippen LogP contribution in [0.3, 0.4) is 0 Å². The summed E-state index contributed by atoms with van der Waals surface area (Å²) >= 11 is 0. The molecule has 2 heterocycles. The molecule has 3 rings (SSSR count). The van der Waals surface area contributed by atoms with Crippen molar-refractivity contribution in [3.63, 3.8) is 0 Å². The van der Waals surface area contributed by atoms with Crippen LogP contribution in [0.25, 0.3) is 16.9 Å². The molecule has 0 amide bonds. The molecular weight excluding hydrogens is 304 g/mol. The minimum Gasteiger partial charge on any atom is -0.197 e. The molecule has 0 radical (unpaired) electrons. The second kappa shape index (κ2) is 7.18. The molecule has 2 heteroatoms. The highest BCUT2D eigenvalue weighted by molar-refractivity contribution is 5.63. The first-order chi connectivity index (χ1) is 12.0. The molecule has 0 N–H and O–H groups in total. The van der Waals surface area contributed by atoms with Gasteiger partial charge in [-0.2, -0.15) is 4.57 Å². The van der Waals surface area contributed by atoms with Gasteiger partial charge in [-0.05, 0) is 40.4 Å². The molecule has 0 fully saturated rings. The first-order valence-corrected chi connectivity index (χ1v) is 9.06. The third-order valence-corrected chi connectivity index (χ3v) is 4.52.